The van der Waals surface area contributed by atoms with Gasteiger partial charge in [-0.15, -0.1) is 0 Å². The molecule has 3 N–H and O–H groups in total. The average Bonchev–Trinajstić information content (AvgIpc) is 2.61. The summed E-state index contributed by atoms with van der Waals surface area (Å²) in [6.07, 6.45) is 4.85. The summed E-state index contributed by atoms with van der Waals surface area (Å²) in [5.41, 5.74) is 2.86. The molecule has 2 aliphatic rings. The fourth-order valence-electron chi connectivity index (χ4n) is 4.30. The monoisotopic (exact) mass is 345 g/mol. The number of carbonyl (C=O) groups excluding carboxylic acids is 1. The fraction of sp³-hybridized carbons (Fsp3) is 0.667. The molecule has 1 saturated carbocycles. The van der Waals surface area contributed by atoms with E-state index in [2.05, 4.69) is 43.4 Å². The van der Waals surface area contributed by atoms with Gasteiger partial charge in [0.05, 0.1) is 0 Å². The first-order chi connectivity index (χ1) is 12.1. The fourth-order valence-corrected chi connectivity index (χ4v) is 4.30. The summed E-state index contributed by atoms with van der Waals surface area (Å²) >= 11 is 0. The average molecular weight is 346 g/mol. The van der Waals surface area contributed by atoms with E-state index in [1.165, 1.54) is 28.9 Å². The van der Waals surface area contributed by atoms with Crippen LogP contribution in [0.2, 0.25) is 0 Å². The van der Waals surface area contributed by atoms with Gasteiger partial charge in [0.1, 0.15) is 32.7 Å². The highest BCUT2D eigenvalue weighted by Crippen LogP contribution is 2.23. The number of hydrogen-bond acceptors (Lipinski definition) is 1. The Labute approximate surface area is 152 Å². The van der Waals surface area contributed by atoms with Gasteiger partial charge in [0.2, 0.25) is 0 Å². The Kier molecular flexibility index (Phi) is 6.49. The van der Waals surface area contributed by atoms with E-state index in [0.29, 0.717) is 12.6 Å². The summed E-state index contributed by atoms with van der Waals surface area (Å²) in [5, 5.41) is 3.28. The summed E-state index contributed by atoms with van der Waals surface area (Å²) < 4.78 is 0. The third-order valence-corrected chi connectivity index (χ3v) is 6.16. The van der Waals surface area contributed by atoms with Crippen LogP contribution in [-0.2, 0) is 11.3 Å². The molecule has 138 valence electrons. The molecule has 0 spiro atoms. The van der Waals surface area contributed by atoms with E-state index in [-0.39, 0.29) is 5.91 Å². The van der Waals surface area contributed by atoms with Crippen LogP contribution in [-0.4, -0.2) is 44.7 Å². The first kappa shape index (κ1) is 18.4. The minimum absolute atomic E-state index is 0.261. The molecule has 0 bridgehead atoms. The van der Waals surface area contributed by atoms with Gasteiger partial charge in [-0.25, -0.2) is 0 Å². The number of benzene rings is 1. The highest BCUT2D eigenvalue weighted by atomic mass is 16.2. The number of aryl methyl sites for hydroxylation is 1. The van der Waals surface area contributed by atoms with Crippen LogP contribution in [0.1, 0.15) is 43.7 Å². The first-order valence-electron chi connectivity index (χ1n) is 10.1. The molecule has 1 aromatic carbocycles. The summed E-state index contributed by atoms with van der Waals surface area (Å²) in [5.74, 6) is 1.10. The predicted molar refractivity (Wildman–Crippen MR) is 101 cm³/mol. The standard InChI is InChI=1S/C21H33N3O/c1-17-7-9-20(10-8-17)22-21(25)16-24-13-11-23(12-14-24)15-19-6-4-3-5-18(19)2/h3-6,17,20H,7-16H2,1-2H3,(H,22,25)/p+2. The van der Waals surface area contributed by atoms with Crippen molar-refractivity contribution in [1.29, 1.82) is 0 Å². The molecule has 3 rings (SSSR count). The Hall–Kier alpha value is -1.39. The smallest absolute Gasteiger partial charge is 0.275 e. The number of rotatable bonds is 5. The maximum absolute atomic E-state index is 12.3. The predicted octanol–water partition coefficient (Wildman–Crippen LogP) is -0.0267. The van der Waals surface area contributed by atoms with Crippen molar-refractivity contribution in [2.45, 2.75) is 52.1 Å². The van der Waals surface area contributed by atoms with E-state index < -0.39 is 0 Å². The van der Waals surface area contributed by atoms with Crippen molar-refractivity contribution in [2.24, 2.45) is 5.92 Å². The number of amides is 1. The van der Waals surface area contributed by atoms with Gasteiger partial charge < -0.3 is 15.1 Å². The molecular formula is C21H35N3O+2. The highest BCUT2D eigenvalue weighted by Gasteiger charge is 2.26. The Morgan fingerprint density at radius 3 is 2.36 bits per heavy atom. The molecule has 1 heterocycles. The van der Waals surface area contributed by atoms with Gasteiger partial charge in [-0.2, -0.15) is 0 Å². The van der Waals surface area contributed by atoms with Crippen molar-refractivity contribution in [3.8, 4) is 0 Å². The lowest BCUT2D eigenvalue weighted by Crippen LogP contribution is -3.28. The van der Waals surface area contributed by atoms with Crippen LogP contribution in [0, 0.1) is 12.8 Å². The Morgan fingerprint density at radius 1 is 1.04 bits per heavy atom. The van der Waals surface area contributed by atoms with Gasteiger partial charge in [0.15, 0.2) is 6.54 Å². The molecule has 0 unspecified atom stereocenters. The molecule has 25 heavy (non-hydrogen) atoms. The van der Waals surface area contributed by atoms with Crippen molar-refractivity contribution in [1.82, 2.24) is 5.32 Å². The second-order valence-corrected chi connectivity index (χ2v) is 8.30. The third kappa shape index (κ3) is 5.55. The highest BCUT2D eigenvalue weighted by molar-refractivity contribution is 5.77. The normalized spacial score (nSPS) is 30.0. The Balaban J connectivity index is 1.37. The van der Waals surface area contributed by atoms with E-state index >= 15 is 0 Å². The van der Waals surface area contributed by atoms with Gasteiger partial charge in [0, 0.05) is 11.6 Å². The van der Waals surface area contributed by atoms with E-state index in [1.54, 1.807) is 4.90 Å². The van der Waals surface area contributed by atoms with Crippen molar-refractivity contribution in [2.75, 3.05) is 32.7 Å². The van der Waals surface area contributed by atoms with Crippen LogP contribution in [0.4, 0.5) is 0 Å². The summed E-state index contributed by atoms with van der Waals surface area (Å²) in [6, 6.07) is 9.13. The molecule has 1 amide bonds. The van der Waals surface area contributed by atoms with Crippen LogP contribution >= 0.6 is 0 Å². The van der Waals surface area contributed by atoms with E-state index in [4.69, 9.17) is 0 Å². The molecule has 2 fully saturated rings. The summed E-state index contributed by atoms with van der Waals surface area (Å²) in [7, 11) is 0. The van der Waals surface area contributed by atoms with Crippen LogP contribution < -0.4 is 15.1 Å². The lowest BCUT2D eigenvalue weighted by molar-refractivity contribution is -1.02. The zero-order chi connectivity index (χ0) is 17.6. The zero-order valence-corrected chi connectivity index (χ0v) is 15.9. The van der Waals surface area contributed by atoms with Gasteiger partial charge >= 0.3 is 0 Å². The molecule has 1 aromatic rings. The molecule has 4 heteroatoms. The lowest BCUT2D eigenvalue weighted by atomic mass is 9.87. The molecule has 0 radical (unpaired) electrons. The van der Waals surface area contributed by atoms with Crippen LogP contribution in [0.25, 0.3) is 0 Å². The molecule has 4 nitrogen and oxygen atoms in total. The molecule has 1 saturated heterocycles. The SMILES string of the molecule is Cc1ccccc1C[NH+]1CC[NH+](CC(=O)NC2CCC(C)CC2)CC1. The largest absolute Gasteiger partial charge is 0.348 e. The third-order valence-electron chi connectivity index (χ3n) is 6.16. The maximum Gasteiger partial charge on any atom is 0.275 e. The molecule has 0 atom stereocenters. The summed E-state index contributed by atoms with van der Waals surface area (Å²) in [4.78, 5) is 15.4. The second kappa shape index (κ2) is 8.81. The quantitative estimate of drug-likeness (QED) is 0.689. The van der Waals surface area contributed by atoms with Crippen LogP contribution in [0.5, 0.6) is 0 Å². The Bertz CT molecular complexity index is 558. The van der Waals surface area contributed by atoms with Crippen molar-refractivity contribution in [3.63, 3.8) is 0 Å². The van der Waals surface area contributed by atoms with Gasteiger partial charge in [-0.05, 0) is 44.1 Å². The Morgan fingerprint density at radius 2 is 1.68 bits per heavy atom. The summed E-state index contributed by atoms with van der Waals surface area (Å²) in [6.45, 7) is 10.8. The van der Waals surface area contributed by atoms with Crippen molar-refractivity contribution < 1.29 is 14.6 Å². The van der Waals surface area contributed by atoms with Gasteiger partial charge in [0.25, 0.3) is 5.91 Å². The number of hydrogen-bond donors (Lipinski definition) is 3. The number of nitrogens with one attached hydrogen (secondary N) is 3. The zero-order valence-electron chi connectivity index (χ0n) is 15.9. The van der Waals surface area contributed by atoms with Crippen LogP contribution in [0.15, 0.2) is 24.3 Å². The van der Waals surface area contributed by atoms with Gasteiger partial charge in [-0.1, -0.05) is 31.2 Å². The number of quaternary nitrogens is 2. The molecule has 1 aliphatic heterocycles. The number of carbonyl (C=O) groups is 1. The first-order valence-corrected chi connectivity index (χ1v) is 10.1. The van der Waals surface area contributed by atoms with E-state index in [0.717, 1.165) is 51.5 Å². The topological polar surface area (TPSA) is 38.0 Å². The van der Waals surface area contributed by atoms with E-state index in [9.17, 15) is 4.79 Å². The molecule has 1 aliphatic carbocycles. The van der Waals surface area contributed by atoms with E-state index in [1.807, 2.05) is 0 Å². The van der Waals surface area contributed by atoms with Gasteiger partial charge in [-0.3, -0.25) is 4.79 Å². The lowest BCUT2D eigenvalue weighted by Gasteiger charge is -2.31. The minimum Gasteiger partial charge on any atom is -0.348 e. The van der Waals surface area contributed by atoms with Crippen LogP contribution in [0.3, 0.4) is 0 Å². The maximum atomic E-state index is 12.3. The van der Waals surface area contributed by atoms with Crippen molar-refractivity contribution >= 4 is 5.91 Å². The molecular weight excluding hydrogens is 310 g/mol. The second-order valence-electron chi connectivity index (χ2n) is 8.30. The molecule has 0 aromatic heterocycles. The van der Waals surface area contributed by atoms with Crippen molar-refractivity contribution in [3.05, 3.63) is 35.4 Å². The number of piperazine rings is 1. The minimum atomic E-state index is 0.261.